The minimum atomic E-state index is -4.57. The minimum Gasteiger partial charge on any atom is -0.348 e. The van der Waals surface area contributed by atoms with E-state index >= 15 is 0 Å². The van der Waals surface area contributed by atoms with E-state index in [1.807, 2.05) is 0 Å². The Morgan fingerprint density at radius 1 is 1.07 bits per heavy atom. The van der Waals surface area contributed by atoms with Crippen LogP contribution in [0.1, 0.15) is 40.3 Å². The molecule has 2 amide bonds. The van der Waals surface area contributed by atoms with Gasteiger partial charge >= 0.3 is 6.18 Å². The number of carbonyl (C=O) groups is 2. The van der Waals surface area contributed by atoms with Gasteiger partial charge in [-0.25, -0.2) is 4.98 Å². The Labute approximate surface area is 158 Å². The van der Waals surface area contributed by atoms with Gasteiger partial charge in [0.2, 0.25) is 0 Å². The van der Waals surface area contributed by atoms with Crippen LogP contribution in [0.25, 0.3) is 5.65 Å². The van der Waals surface area contributed by atoms with E-state index in [2.05, 4.69) is 15.6 Å². The Balaban J connectivity index is 1.98. The van der Waals surface area contributed by atoms with Gasteiger partial charge in [-0.2, -0.15) is 13.2 Å². The van der Waals surface area contributed by atoms with Gasteiger partial charge in [-0.05, 0) is 44.2 Å². The summed E-state index contributed by atoms with van der Waals surface area (Å²) < 4.78 is 40.2. The third-order valence-corrected chi connectivity index (χ3v) is 3.85. The van der Waals surface area contributed by atoms with Crippen LogP contribution >= 0.6 is 0 Å². The summed E-state index contributed by atoms with van der Waals surface area (Å²) >= 11 is 0. The summed E-state index contributed by atoms with van der Waals surface area (Å²) in [4.78, 5) is 29.3. The molecular weight excluding hydrogens is 373 g/mol. The number of fused-ring (bicyclic) bond motifs is 1. The lowest BCUT2D eigenvalue weighted by Crippen LogP contribution is -2.32. The monoisotopic (exact) mass is 390 g/mol. The zero-order valence-corrected chi connectivity index (χ0v) is 15.0. The van der Waals surface area contributed by atoms with Gasteiger partial charge in [0, 0.05) is 17.8 Å². The van der Waals surface area contributed by atoms with Crippen LogP contribution < -0.4 is 10.6 Å². The number of anilines is 1. The highest BCUT2D eigenvalue weighted by molar-refractivity contribution is 6.08. The van der Waals surface area contributed by atoms with Crippen molar-refractivity contribution in [3.05, 3.63) is 65.5 Å². The lowest BCUT2D eigenvalue weighted by molar-refractivity contribution is -0.137. The molecule has 0 fully saturated rings. The number of nitrogens with zero attached hydrogens (tertiary/aromatic N) is 2. The number of halogens is 3. The number of alkyl halides is 3. The zero-order chi connectivity index (χ0) is 20.5. The van der Waals surface area contributed by atoms with E-state index in [4.69, 9.17) is 0 Å². The molecule has 0 atom stereocenters. The first-order chi connectivity index (χ1) is 13.2. The highest BCUT2D eigenvalue weighted by Gasteiger charge is 2.31. The molecule has 0 bridgehead atoms. The van der Waals surface area contributed by atoms with Gasteiger partial charge in [0.25, 0.3) is 11.8 Å². The summed E-state index contributed by atoms with van der Waals surface area (Å²) in [5, 5.41) is 5.17. The highest BCUT2D eigenvalue weighted by atomic mass is 19.4. The second kappa shape index (κ2) is 7.34. The van der Waals surface area contributed by atoms with Crippen LogP contribution in [0.5, 0.6) is 0 Å². The van der Waals surface area contributed by atoms with E-state index in [9.17, 15) is 22.8 Å². The fourth-order valence-electron chi connectivity index (χ4n) is 2.65. The number of hydrogen-bond donors (Lipinski definition) is 2. The first kappa shape index (κ1) is 19.4. The average Bonchev–Trinajstić information content (AvgIpc) is 2.98. The summed E-state index contributed by atoms with van der Waals surface area (Å²) in [6.07, 6.45) is -2.96. The molecule has 0 aliphatic heterocycles. The molecule has 0 saturated carbocycles. The molecule has 0 aliphatic rings. The Morgan fingerprint density at radius 2 is 1.82 bits per heavy atom. The quantitative estimate of drug-likeness (QED) is 0.713. The topological polar surface area (TPSA) is 75.5 Å². The van der Waals surface area contributed by atoms with Crippen molar-refractivity contribution >= 4 is 23.3 Å². The van der Waals surface area contributed by atoms with Crippen LogP contribution in [0.15, 0.2) is 48.7 Å². The molecule has 2 N–H and O–H groups in total. The molecule has 0 spiro atoms. The van der Waals surface area contributed by atoms with Crippen LogP contribution in [0.3, 0.4) is 0 Å². The third kappa shape index (κ3) is 3.98. The summed E-state index contributed by atoms with van der Waals surface area (Å²) in [6.45, 7) is 3.56. The fraction of sp³-hybridized carbons (Fsp3) is 0.211. The molecule has 2 heterocycles. The fourth-order valence-corrected chi connectivity index (χ4v) is 2.65. The number of carbonyl (C=O) groups excluding carboxylic acids is 2. The van der Waals surface area contributed by atoms with Gasteiger partial charge in [0.05, 0.1) is 5.56 Å². The molecular formula is C19H17F3N4O2. The lowest BCUT2D eigenvalue weighted by Gasteiger charge is -2.11. The summed E-state index contributed by atoms with van der Waals surface area (Å²) in [6, 6.07) is 8.93. The molecule has 0 aliphatic carbocycles. The molecule has 28 heavy (non-hydrogen) atoms. The van der Waals surface area contributed by atoms with Crippen molar-refractivity contribution in [2.45, 2.75) is 26.1 Å². The zero-order valence-electron chi connectivity index (χ0n) is 15.0. The maximum atomic E-state index is 12.9. The van der Waals surface area contributed by atoms with Gasteiger partial charge in [-0.15, -0.1) is 0 Å². The highest BCUT2D eigenvalue weighted by Crippen LogP contribution is 2.29. The van der Waals surface area contributed by atoms with Crippen molar-refractivity contribution in [3.8, 4) is 0 Å². The van der Waals surface area contributed by atoms with Gasteiger partial charge in [0.15, 0.2) is 11.5 Å². The Kier molecular flexibility index (Phi) is 5.08. The second-order valence-corrected chi connectivity index (χ2v) is 6.40. The van der Waals surface area contributed by atoms with Gasteiger partial charge < -0.3 is 10.6 Å². The molecule has 0 radical (unpaired) electrons. The number of nitrogens with one attached hydrogen (secondary N) is 2. The van der Waals surface area contributed by atoms with Gasteiger partial charge in [0.1, 0.15) is 5.65 Å². The SMILES string of the molecule is CC(C)NC(=O)c1c(NC(=O)c2cccc(C(F)(F)F)c2)nc2ccccn12. The van der Waals surface area contributed by atoms with Crippen LogP contribution in [-0.4, -0.2) is 27.2 Å². The summed E-state index contributed by atoms with van der Waals surface area (Å²) in [7, 11) is 0. The van der Waals surface area contributed by atoms with Crippen molar-refractivity contribution in [3.63, 3.8) is 0 Å². The normalized spacial score (nSPS) is 11.6. The van der Waals surface area contributed by atoms with E-state index in [-0.39, 0.29) is 23.1 Å². The first-order valence-electron chi connectivity index (χ1n) is 8.43. The molecule has 3 rings (SSSR count). The number of benzene rings is 1. The lowest BCUT2D eigenvalue weighted by atomic mass is 10.1. The van der Waals surface area contributed by atoms with E-state index in [1.165, 1.54) is 10.5 Å². The van der Waals surface area contributed by atoms with Crippen LogP contribution in [0, 0.1) is 0 Å². The first-order valence-corrected chi connectivity index (χ1v) is 8.43. The maximum Gasteiger partial charge on any atom is 0.416 e. The van der Waals surface area contributed by atoms with E-state index < -0.39 is 23.6 Å². The van der Waals surface area contributed by atoms with Crippen molar-refractivity contribution in [1.29, 1.82) is 0 Å². The standard InChI is InChI=1S/C19H17F3N4O2/c1-11(2)23-18(28)15-16(24-14-8-3-4-9-26(14)15)25-17(27)12-6-5-7-13(10-12)19(20,21)22/h3-11H,1-2H3,(H,23,28)(H,25,27). The van der Waals surface area contributed by atoms with Crippen molar-refractivity contribution in [2.24, 2.45) is 0 Å². The van der Waals surface area contributed by atoms with Crippen LogP contribution in [-0.2, 0) is 6.18 Å². The number of aromatic nitrogens is 2. The van der Waals surface area contributed by atoms with Gasteiger partial charge in [-0.3, -0.25) is 14.0 Å². The summed E-state index contributed by atoms with van der Waals surface area (Å²) in [5.74, 6) is -1.30. The number of rotatable bonds is 4. The molecule has 0 unspecified atom stereocenters. The average molecular weight is 390 g/mol. The van der Waals surface area contributed by atoms with Gasteiger partial charge in [-0.1, -0.05) is 12.1 Å². The molecule has 2 aromatic heterocycles. The van der Waals surface area contributed by atoms with Crippen LogP contribution in [0.4, 0.5) is 19.0 Å². The Hall–Kier alpha value is -3.36. The number of hydrogen-bond acceptors (Lipinski definition) is 3. The smallest absolute Gasteiger partial charge is 0.348 e. The number of amides is 2. The van der Waals surface area contributed by atoms with Crippen molar-refractivity contribution in [1.82, 2.24) is 14.7 Å². The Morgan fingerprint density at radius 3 is 2.50 bits per heavy atom. The van der Waals surface area contributed by atoms with Crippen molar-refractivity contribution in [2.75, 3.05) is 5.32 Å². The maximum absolute atomic E-state index is 12.9. The van der Waals surface area contributed by atoms with E-state index in [0.29, 0.717) is 5.65 Å². The van der Waals surface area contributed by atoms with E-state index in [0.717, 1.165) is 18.2 Å². The molecule has 146 valence electrons. The molecule has 9 heteroatoms. The van der Waals surface area contributed by atoms with Crippen molar-refractivity contribution < 1.29 is 22.8 Å². The summed E-state index contributed by atoms with van der Waals surface area (Å²) in [5.41, 5.74) is -0.629. The second-order valence-electron chi connectivity index (χ2n) is 6.40. The minimum absolute atomic E-state index is 0.0354. The molecule has 6 nitrogen and oxygen atoms in total. The largest absolute Gasteiger partial charge is 0.416 e. The predicted octanol–water partition coefficient (Wildman–Crippen LogP) is 3.74. The molecule has 0 saturated heterocycles. The third-order valence-electron chi connectivity index (χ3n) is 3.85. The number of imidazole rings is 1. The molecule has 3 aromatic rings. The number of pyridine rings is 1. The Bertz CT molecular complexity index is 1040. The van der Waals surface area contributed by atoms with Crippen LogP contribution in [0.2, 0.25) is 0 Å². The molecule has 1 aromatic carbocycles. The predicted molar refractivity (Wildman–Crippen MR) is 97.2 cm³/mol. The van der Waals surface area contributed by atoms with E-state index in [1.54, 1.807) is 38.2 Å².